The molecule has 4 amide bonds. The zero-order chi connectivity index (χ0) is 52.1. The second kappa shape index (κ2) is 17.2. The Hall–Kier alpha value is -9.76. The second-order valence-electron chi connectivity index (χ2n) is 18.6. The summed E-state index contributed by atoms with van der Waals surface area (Å²) in [5.41, 5.74) is 2.58. The van der Waals surface area contributed by atoms with Gasteiger partial charge in [-0.25, -0.2) is 9.88 Å². The van der Waals surface area contributed by atoms with Crippen molar-refractivity contribution >= 4 is 63.3 Å². The Bertz CT molecular complexity index is 4050. The third kappa shape index (κ3) is 7.75. The topological polar surface area (TPSA) is 153 Å². The predicted molar refractivity (Wildman–Crippen MR) is 272 cm³/mol. The highest BCUT2D eigenvalue weighted by atomic mass is 19.4. The van der Waals surface area contributed by atoms with Crippen LogP contribution in [-0.2, 0) is 5.41 Å². The minimum absolute atomic E-state index is 0.000644. The van der Waals surface area contributed by atoms with Gasteiger partial charge in [0.15, 0.2) is 16.9 Å². The van der Waals surface area contributed by atoms with Crippen molar-refractivity contribution in [3.8, 4) is 34.1 Å². The number of hydrogen-bond donors (Lipinski definition) is 0. The van der Waals surface area contributed by atoms with Gasteiger partial charge in [-0.1, -0.05) is 83.9 Å². The van der Waals surface area contributed by atoms with E-state index in [2.05, 4.69) is 9.97 Å². The number of carbonyl (C=O) groups is 5. The Morgan fingerprint density at radius 3 is 1.51 bits per heavy atom. The van der Waals surface area contributed by atoms with Crippen molar-refractivity contribution in [2.24, 2.45) is 0 Å². The monoisotopic (exact) mass is 998 g/mol. The maximum absolute atomic E-state index is 15.4. The molecule has 0 N–H and O–H groups in total. The largest absolute Gasteiger partial charge is 0.457 e. The molecule has 1 unspecified atom stereocenters. The number of fused-ring (bicyclic) bond motifs is 4. The maximum atomic E-state index is 15.4. The van der Waals surface area contributed by atoms with E-state index in [1.54, 1.807) is 24.3 Å². The van der Waals surface area contributed by atoms with E-state index in [9.17, 15) is 24.0 Å². The van der Waals surface area contributed by atoms with Crippen molar-refractivity contribution in [3.63, 3.8) is 0 Å². The normalized spacial score (nSPS) is 14.2. The number of aryl methyl sites for hydroxylation is 2. The van der Waals surface area contributed by atoms with Gasteiger partial charge in [0.25, 0.3) is 23.6 Å². The number of nitrogens with zero attached hydrogens (tertiary/aromatic N) is 4. The van der Waals surface area contributed by atoms with Gasteiger partial charge in [-0.15, -0.1) is 0 Å². The van der Waals surface area contributed by atoms with E-state index in [0.29, 0.717) is 33.2 Å². The number of halogens is 3. The van der Waals surface area contributed by atoms with Crippen LogP contribution in [0.15, 0.2) is 179 Å². The Labute approximate surface area is 424 Å². The highest BCUT2D eigenvalue weighted by molar-refractivity contribution is 6.36. The average molecular weight is 999 g/mol. The number of hydrogen-bond acceptors (Lipinski definition) is 10. The average Bonchev–Trinajstić information content (AvgIpc) is 4.19. The first-order valence-electron chi connectivity index (χ1n) is 23.5. The van der Waals surface area contributed by atoms with Gasteiger partial charge in [0.1, 0.15) is 27.9 Å². The fourth-order valence-corrected chi connectivity index (χ4v) is 9.47. The molecule has 0 saturated carbocycles. The molecular weight excluding hydrogens is 962 g/mol. The molecule has 10 aromatic rings. The molecule has 2 aromatic heterocycles. The highest BCUT2D eigenvalue weighted by Gasteiger charge is 2.54. The molecule has 2 aliphatic heterocycles. The van der Waals surface area contributed by atoms with Gasteiger partial charge in [0.2, 0.25) is 5.89 Å². The van der Waals surface area contributed by atoms with E-state index in [1.807, 2.05) is 86.6 Å². The first kappa shape index (κ1) is 46.3. The number of aromatic nitrogens is 2. The number of ketones is 1. The fraction of sp³-hybridized carbons (Fsp3) is 0.0833. The number of ether oxygens (including phenoxy) is 1. The summed E-state index contributed by atoms with van der Waals surface area (Å²) in [7, 11) is 0. The van der Waals surface area contributed by atoms with Crippen LogP contribution >= 0.6 is 0 Å². The van der Waals surface area contributed by atoms with Gasteiger partial charge in [0, 0.05) is 16.7 Å². The van der Waals surface area contributed by atoms with E-state index in [-0.39, 0.29) is 67.0 Å². The van der Waals surface area contributed by atoms with E-state index < -0.39 is 47.0 Å². The minimum Gasteiger partial charge on any atom is -0.457 e. The first-order valence-corrected chi connectivity index (χ1v) is 23.5. The number of alkyl halides is 3. The van der Waals surface area contributed by atoms with Crippen molar-refractivity contribution in [3.05, 3.63) is 225 Å². The molecule has 366 valence electrons. The number of benzene rings is 8. The van der Waals surface area contributed by atoms with Crippen LogP contribution < -0.4 is 14.5 Å². The fourth-order valence-electron chi connectivity index (χ4n) is 9.47. The lowest BCUT2D eigenvalue weighted by molar-refractivity contribution is -0.173. The first-order chi connectivity index (χ1) is 36.0. The molecular formula is C60H37F3N4O8. The zero-order valence-electron chi connectivity index (χ0n) is 39.9. The van der Waals surface area contributed by atoms with Crippen LogP contribution in [0, 0.1) is 13.8 Å². The van der Waals surface area contributed by atoms with Crippen molar-refractivity contribution in [1.29, 1.82) is 0 Å². The number of amides is 4. The molecule has 12 nitrogen and oxygen atoms in total. The number of imide groups is 2. The van der Waals surface area contributed by atoms with Gasteiger partial charge in [0.05, 0.1) is 27.9 Å². The molecule has 0 fully saturated rings. The molecule has 0 spiro atoms. The Balaban J connectivity index is 0.775. The summed E-state index contributed by atoms with van der Waals surface area (Å²) in [4.78, 5) is 79.5. The molecule has 0 radical (unpaired) electrons. The molecule has 2 aliphatic rings. The number of oxazole rings is 2. The number of carbonyl (C=O) groups excluding carboxylic acids is 5. The molecule has 4 heterocycles. The highest BCUT2D eigenvalue weighted by Crippen LogP contribution is 2.48. The second-order valence-corrected chi connectivity index (χ2v) is 18.6. The smallest absolute Gasteiger partial charge is 0.402 e. The van der Waals surface area contributed by atoms with E-state index in [0.717, 1.165) is 34.1 Å². The summed E-state index contributed by atoms with van der Waals surface area (Å²) < 4.78 is 64.1. The lowest BCUT2D eigenvalue weighted by Gasteiger charge is -2.33. The Morgan fingerprint density at radius 2 is 0.947 bits per heavy atom. The summed E-state index contributed by atoms with van der Waals surface area (Å²) in [5, 5.41) is 0. The Kier molecular flexibility index (Phi) is 10.6. The van der Waals surface area contributed by atoms with Crippen LogP contribution in [0.3, 0.4) is 0 Å². The van der Waals surface area contributed by atoms with Crippen LogP contribution in [0.25, 0.3) is 44.8 Å². The van der Waals surface area contributed by atoms with Crippen LogP contribution in [0.5, 0.6) is 11.5 Å². The van der Waals surface area contributed by atoms with Gasteiger partial charge in [-0.05, 0) is 140 Å². The molecule has 75 heavy (non-hydrogen) atoms. The lowest BCUT2D eigenvalue weighted by Crippen LogP contribution is -2.40. The van der Waals surface area contributed by atoms with Gasteiger partial charge in [-0.3, -0.25) is 24.0 Å². The molecule has 0 bridgehead atoms. The van der Waals surface area contributed by atoms with Crippen molar-refractivity contribution in [1.82, 2.24) is 9.97 Å². The van der Waals surface area contributed by atoms with Crippen molar-refractivity contribution < 1.29 is 50.7 Å². The van der Waals surface area contributed by atoms with Crippen LogP contribution in [0.4, 0.5) is 24.9 Å². The van der Waals surface area contributed by atoms with Gasteiger partial charge in [-0.2, -0.15) is 23.1 Å². The van der Waals surface area contributed by atoms with Crippen LogP contribution in [0.1, 0.15) is 86.5 Å². The van der Waals surface area contributed by atoms with Crippen molar-refractivity contribution in [2.45, 2.75) is 32.4 Å². The summed E-state index contributed by atoms with van der Waals surface area (Å²) in [5.74, 6) is -2.20. The van der Waals surface area contributed by atoms with E-state index in [1.165, 1.54) is 72.8 Å². The summed E-state index contributed by atoms with van der Waals surface area (Å²) in [6, 6.07) is 44.9. The molecule has 0 aliphatic carbocycles. The summed E-state index contributed by atoms with van der Waals surface area (Å²) in [6.45, 7) is 5.02. The zero-order valence-corrected chi connectivity index (χ0v) is 39.9. The summed E-state index contributed by atoms with van der Waals surface area (Å²) >= 11 is 0. The quantitative estimate of drug-likeness (QED) is 0.0955. The van der Waals surface area contributed by atoms with Gasteiger partial charge >= 0.3 is 12.2 Å². The van der Waals surface area contributed by atoms with Gasteiger partial charge < -0.3 is 13.6 Å². The third-order valence-corrected chi connectivity index (χ3v) is 13.8. The molecule has 8 aromatic carbocycles. The van der Waals surface area contributed by atoms with Crippen molar-refractivity contribution in [2.75, 3.05) is 9.80 Å². The third-order valence-electron chi connectivity index (χ3n) is 13.8. The predicted octanol–water partition coefficient (Wildman–Crippen LogP) is 13.4. The maximum Gasteiger partial charge on any atom is 0.402 e. The SMILES string of the molecule is Cc1ccc(Oc2ccc(N3C(=O)c4ccc(C(=O)c5ccc6c(c5)C(=O)N(c5nc7cc(C(C)(c8ccc9oc(-c%10ccc(-c%11ccc(C)cc%11)cc%10)nc9c8)C(F)(F)F)ccc7o5)C6=O)cc4C3=O)cc2)cc1. The van der Waals surface area contributed by atoms with Crippen LogP contribution in [0.2, 0.25) is 0 Å². The molecule has 0 saturated heterocycles. The molecule has 15 heteroatoms. The van der Waals surface area contributed by atoms with E-state index >= 15 is 13.2 Å². The lowest BCUT2D eigenvalue weighted by atomic mass is 9.75. The molecule has 12 rings (SSSR count). The molecule has 1 atom stereocenters. The number of rotatable bonds is 10. The standard InChI is InChI=1S/C60H37F3N4O8/c1-32-4-8-34(9-5-32)35-10-12-36(13-11-35)53-64-48-30-39(16-26-50(48)74-53)59(3,60(61,62)63)40-17-27-51-49(31-40)65-58(75-51)67-55(70)45-25-15-38(29-47(45)57(67)72)52(68)37-14-24-44-46(28-37)56(71)66(54(44)69)41-18-22-43(23-19-41)73-42-20-6-33(2)7-21-42/h4-31H,1-3H3. The summed E-state index contributed by atoms with van der Waals surface area (Å²) in [6.07, 6.45) is -4.84. The number of anilines is 2. The van der Waals surface area contributed by atoms with E-state index in [4.69, 9.17) is 13.6 Å². The Morgan fingerprint density at radius 1 is 0.493 bits per heavy atom. The van der Waals surface area contributed by atoms with Crippen LogP contribution in [-0.4, -0.2) is 45.6 Å². The minimum atomic E-state index is -4.84.